The van der Waals surface area contributed by atoms with E-state index in [1.807, 2.05) is 0 Å². The highest BCUT2D eigenvalue weighted by atomic mass is 19.1. The quantitative estimate of drug-likeness (QED) is 0.824. The van der Waals surface area contributed by atoms with Gasteiger partial charge in [-0.2, -0.15) is 0 Å². The van der Waals surface area contributed by atoms with E-state index in [0.29, 0.717) is 5.56 Å². The molecule has 0 aliphatic heterocycles. The average molecular weight is 220 g/mol. The van der Waals surface area contributed by atoms with Crippen LogP contribution in [-0.2, 0) is 6.61 Å². The fourth-order valence-electron chi connectivity index (χ4n) is 1.52. The second-order valence-corrected chi connectivity index (χ2v) is 3.51. The van der Waals surface area contributed by atoms with Gasteiger partial charge in [-0.1, -0.05) is 24.3 Å². The van der Waals surface area contributed by atoms with E-state index in [4.69, 9.17) is 5.11 Å². The molecular weight excluding hydrogens is 210 g/mol. The third kappa shape index (κ3) is 2.25. The second kappa shape index (κ2) is 4.41. The highest BCUT2D eigenvalue weighted by Crippen LogP contribution is 2.22. The zero-order valence-corrected chi connectivity index (χ0v) is 8.45. The first-order chi connectivity index (χ1) is 7.69. The minimum atomic E-state index is -0.596. The standard InChI is InChI=1S/C13H10F2O/c14-12-5-11(6-13(15)7-12)10-3-1-9(8-16)2-4-10/h1-7,16H,8H2. The van der Waals surface area contributed by atoms with Crippen LogP contribution in [0.2, 0.25) is 0 Å². The lowest BCUT2D eigenvalue weighted by Gasteiger charge is -2.03. The van der Waals surface area contributed by atoms with Crippen molar-refractivity contribution in [3.8, 4) is 11.1 Å². The van der Waals surface area contributed by atoms with Gasteiger partial charge in [0.15, 0.2) is 0 Å². The van der Waals surface area contributed by atoms with Gasteiger partial charge < -0.3 is 5.11 Å². The molecule has 82 valence electrons. The minimum Gasteiger partial charge on any atom is -0.392 e. The van der Waals surface area contributed by atoms with E-state index < -0.39 is 11.6 Å². The van der Waals surface area contributed by atoms with Crippen LogP contribution in [0.4, 0.5) is 8.78 Å². The molecule has 0 aromatic heterocycles. The van der Waals surface area contributed by atoms with Crippen molar-refractivity contribution in [1.29, 1.82) is 0 Å². The molecule has 0 aliphatic rings. The summed E-state index contributed by atoms with van der Waals surface area (Å²) in [6.45, 7) is -0.0439. The van der Waals surface area contributed by atoms with Crippen LogP contribution < -0.4 is 0 Å². The van der Waals surface area contributed by atoms with Gasteiger partial charge in [0.1, 0.15) is 11.6 Å². The summed E-state index contributed by atoms with van der Waals surface area (Å²) in [5.74, 6) is -1.19. The van der Waals surface area contributed by atoms with E-state index >= 15 is 0 Å². The van der Waals surface area contributed by atoms with E-state index in [-0.39, 0.29) is 6.61 Å². The SMILES string of the molecule is OCc1ccc(-c2cc(F)cc(F)c2)cc1. The van der Waals surface area contributed by atoms with E-state index in [1.54, 1.807) is 24.3 Å². The Morgan fingerprint density at radius 1 is 0.812 bits per heavy atom. The molecule has 0 heterocycles. The van der Waals surface area contributed by atoms with Gasteiger partial charge in [0.05, 0.1) is 6.61 Å². The molecule has 2 aromatic rings. The van der Waals surface area contributed by atoms with Crippen molar-refractivity contribution in [2.75, 3.05) is 0 Å². The van der Waals surface area contributed by atoms with Gasteiger partial charge in [-0.3, -0.25) is 0 Å². The highest BCUT2D eigenvalue weighted by molar-refractivity contribution is 5.63. The third-order valence-corrected chi connectivity index (χ3v) is 2.33. The minimum absolute atomic E-state index is 0.0439. The van der Waals surface area contributed by atoms with Crippen LogP contribution in [0.15, 0.2) is 42.5 Å². The first kappa shape index (κ1) is 10.8. The summed E-state index contributed by atoms with van der Waals surface area (Å²) < 4.78 is 26.0. The molecule has 2 aromatic carbocycles. The second-order valence-electron chi connectivity index (χ2n) is 3.51. The van der Waals surface area contributed by atoms with E-state index in [2.05, 4.69) is 0 Å². The van der Waals surface area contributed by atoms with Crippen molar-refractivity contribution in [1.82, 2.24) is 0 Å². The summed E-state index contributed by atoms with van der Waals surface area (Å²) in [5.41, 5.74) is 1.97. The fourth-order valence-corrected chi connectivity index (χ4v) is 1.52. The van der Waals surface area contributed by atoms with Crippen molar-refractivity contribution < 1.29 is 13.9 Å². The zero-order valence-electron chi connectivity index (χ0n) is 8.45. The average Bonchev–Trinajstić information content (AvgIpc) is 2.28. The molecule has 0 saturated carbocycles. The topological polar surface area (TPSA) is 20.2 Å². The Hall–Kier alpha value is -1.74. The summed E-state index contributed by atoms with van der Waals surface area (Å²) in [4.78, 5) is 0. The Bertz CT molecular complexity index is 472. The van der Waals surface area contributed by atoms with Crippen molar-refractivity contribution in [3.63, 3.8) is 0 Å². The monoisotopic (exact) mass is 220 g/mol. The summed E-state index contributed by atoms with van der Waals surface area (Å²) >= 11 is 0. The van der Waals surface area contributed by atoms with E-state index in [0.717, 1.165) is 17.2 Å². The Balaban J connectivity index is 2.42. The van der Waals surface area contributed by atoms with Gasteiger partial charge in [0.2, 0.25) is 0 Å². The molecule has 0 fully saturated rings. The number of aliphatic hydroxyl groups is 1. The van der Waals surface area contributed by atoms with Gasteiger partial charge in [-0.15, -0.1) is 0 Å². The van der Waals surface area contributed by atoms with Crippen LogP contribution >= 0.6 is 0 Å². The Kier molecular flexibility index (Phi) is 2.97. The van der Waals surface area contributed by atoms with Crippen LogP contribution in [0.5, 0.6) is 0 Å². The molecule has 0 unspecified atom stereocenters. The molecular formula is C13H10F2O. The summed E-state index contributed by atoms with van der Waals surface area (Å²) in [7, 11) is 0. The lowest BCUT2D eigenvalue weighted by Crippen LogP contribution is -1.86. The van der Waals surface area contributed by atoms with Gasteiger partial charge in [-0.25, -0.2) is 8.78 Å². The molecule has 1 nitrogen and oxygen atoms in total. The number of hydrogen-bond acceptors (Lipinski definition) is 1. The number of rotatable bonds is 2. The van der Waals surface area contributed by atoms with E-state index in [1.165, 1.54) is 12.1 Å². The number of hydrogen-bond donors (Lipinski definition) is 1. The van der Waals surface area contributed by atoms with Gasteiger partial charge in [0.25, 0.3) is 0 Å². The third-order valence-electron chi connectivity index (χ3n) is 2.33. The molecule has 0 bridgehead atoms. The molecule has 1 N–H and O–H groups in total. The summed E-state index contributed by atoms with van der Waals surface area (Å²) in [6.07, 6.45) is 0. The summed E-state index contributed by atoms with van der Waals surface area (Å²) in [6, 6.07) is 10.3. The lowest BCUT2D eigenvalue weighted by atomic mass is 10.0. The van der Waals surface area contributed by atoms with Crippen LogP contribution in [0.1, 0.15) is 5.56 Å². The van der Waals surface area contributed by atoms with Crippen LogP contribution in [0, 0.1) is 11.6 Å². The maximum absolute atomic E-state index is 13.0. The smallest absolute Gasteiger partial charge is 0.126 e. The largest absolute Gasteiger partial charge is 0.392 e. The van der Waals surface area contributed by atoms with Crippen LogP contribution in [0.3, 0.4) is 0 Å². The fraction of sp³-hybridized carbons (Fsp3) is 0.0769. The predicted molar refractivity (Wildman–Crippen MR) is 57.7 cm³/mol. The molecule has 3 heteroatoms. The Labute approximate surface area is 92.0 Å². The van der Waals surface area contributed by atoms with E-state index in [9.17, 15) is 8.78 Å². The van der Waals surface area contributed by atoms with Crippen molar-refractivity contribution in [2.24, 2.45) is 0 Å². The van der Waals surface area contributed by atoms with Crippen molar-refractivity contribution in [2.45, 2.75) is 6.61 Å². The molecule has 0 amide bonds. The maximum Gasteiger partial charge on any atom is 0.126 e. The van der Waals surface area contributed by atoms with Gasteiger partial charge in [0, 0.05) is 6.07 Å². The van der Waals surface area contributed by atoms with Crippen LogP contribution in [-0.4, -0.2) is 5.11 Å². The first-order valence-electron chi connectivity index (χ1n) is 4.85. The number of aliphatic hydroxyl groups excluding tert-OH is 1. The first-order valence-corrected chi connectivity index (χ1v) is 4.85. The predicted octanol–water partition coefficient (Wildman–Crippen LogP) is 3.12. The van der Waals surface area contributed by atoms with Gasteiger partial charge in [-0.05, 0) is 28.8 Å². The molecule has 0 saturated heterocycles. The molecule has 2 rings (SSSR count). The number of halogens is 2. The normalized spacial score (nSPS) is 10.4. The zero-order chi connectivity index (χ0) is 11.5. The lowest BCUT2D eigenvalue weighted by molar-refractivity contribution is 0.282. The van der Waals surface area contributed by atoms with Crippen molar-refractivity contribution in [3.05, 3.63) is 59.7 Å². The molecule has 0 atom stereocenters. The molecule has 16 heavy (non-hydrogen) atoms. The highest BCUT2D eigenvalue weighted by Gasteiger charge is 2.03. The maximum atomic E-state index is 13.0. The van der Waals surface area contributed by atoms with Crippen molar-refractivity contribution >= 4 is 0 Å². The number of benzene rings is 2. The molecule has 0 spiro atoms. The Morgan fingerprint density at radius 2 is 1.38 bits per heavy atom. The molecule has 0 aliphatic carbocycles. The summed E-state index contributed by atoms with van der Waals surface area (Å²) in [5, 5.41) is 8.87. The Morgan fingerprint density at radius 3 is 1.88 bits per heavy atom. The molecule has 0 radical (unpaired) electrons. The van der Waals surface area contributed by atoms with Crippen LogP contribution in [0.25, 0.3) is 11.1 Å². The van der Waals surface area contributed by atoms with Gasteiger partial charge >= 0.3 is 0 Å².